The van der Waals surface area contributed by atoms with E-state index in [-0.39, 0.29) is 0 Å². The zero-order chi connectivity index (χ0) is 10.9. The highest BCUT2D eigenvalue weighted by atomic mass is 35.5. The summed E-state index contributed by atoms with van der Waals surface area (Å²) in [6.07, 6.45) is 0. The highest BCUT2D eigenvalue weighted by Crippen LogP contribution is 2.09. The van der Waals surface area contributed by atoms with E-state index in [0.29, 0.717) is 31.5 Å². The number of methoxy groups -OCH3 is 1. The molecule has 0 aliphatic rings. The SMILES string of the molecule is COc1cccc(NCCOCCCl)n1. The van der Waals surface area contributed by atoms with Gasteiger partial charge in [-0.2, -0.15) is 4.98 Å². The highest BCUT2D eigenvalue weighted by Gasteiger charge is 1.95. The summed E-state index contributed by atoms with van der Waals surface area (Å²) in [7, 11) is 1.59. The van der Waals surface area contributed by atoms with Gasteiger partial charge in [0, 0.05) is 18.5 Å². The van der Waals surface area contributed by atoms with Crippen molar-refractivity contribution in [2.24, 2.45) is 0 Å². The summed E-state index contributed by atoms with van der Waals surface area (Å²) in [5.41, 5.74) is 0. The maximum absolute atomic E-state index is 5.46. The van der Waals surface area contributed by atoms with Gasteiger partial charge in [0.1, 0.15) is 5.82 Å². The summed E-state index contributed by atoms with van der Waals surface area (Å²) in [4.78, 5) is 4.19. The lowest BCUT2D eigenvalue weighted by molar-refractivity contribution is 0.160. The molecule has 1 aromatic heterocycles. The van der Waals surface area contributed by atoms with Gasteiger partial charge in [0.2, 0.25) is 5.88 Å². The number of nitrogens with one attached hydrogen (secondary N) is 1. The number of nitrogens with zero attached hydrogens (tertiary/aromatic N) is 1. The van der Waals surface area contributed by atoms with Crippen LogP contribution >= 0.6 is 11.6 Å². The van der Waals surface area contributed by atoms with Crippen LogP contribution in [0.15, 0.2) is 18.2 Å². The number of halogens is 1. The first kappa shape index (κ1) is 12.1. The summed E-state index contributed by atoms with van der Waals surface area (Å²) in [6, 6.07) is 5.56. The van der Waals surface area contributed by atoms with Gasteiger partial charge in [-0.05, 0) is 6.07 Å². The van der Waals surface area contributed by atoms with E-state index in [9.17, 15) is 0 Å². The second-order valence-electron chi connectivity index (χ2n) is 2.79. The Morgan fingerprint density at radius 1 is 1.40 bits per heavy atom. The van der Waals surface area contributed by atoms with Crippen LogP contribution in [0.3, 0.4) is 0 Å². The highest BCUT2D eigenvalue weighted by molar-refractivity contribution is 6.17. The lowest BCUT2D eigenvalue weighted by Crippen LogP contribution is -2.11. The monoisotopic (exact) mass is 230 g/mol. The molecule has 0 spiro atoms. The maximum Gasteiger partial charge on any atom is 0.214 e. The molecule has 1 heterocycles. The Balaban J connectivity index is 2.24. The van der Waals surface area contributed by atoms with Crippen LogP contribution in [0, 0.1) is 0 Å². The summed E-state index contributed by atoms with van der Waals surface area (Å²) in [6.45, 7) is 1.90. The smallest absolute Gasteiger partial charge is 0.214 e. The summed E-state index contributed by atoms with van der Waals surface area (Å²) in [5.74, 6) is 1.91. The first-order valence-corrected chi connectivity index (χ1v) is 5.29. The first-order valence-electron chi connectivity index (χ1n) is 4.75. The molecule has 0 saturated heterocycles. The summed E-state index contributed by atoms with van der Waals surface area (Å²) in [5, 5.41) is 3.12. The van der Waals surface area contributed by atoms with Crippen LogP contribution in [0.4, 0.5) is 5.82 Å². The quantitative estimate of drug-likeness (QED) is 0.573. The Kier molecular flexibility index (Phi) is 5.88. The molecule has 4 nitrogen and oxygen atoms in total. The van der Waals surface area contributed by atoms with Crippen molar-refractivity contribution in [1.82, 2.24) is 4.98 Å². The lowest BCUT2D eigenvalue weighted by Gasteiger charge is -2.06. The minimum Gasteiger partial charge on any atom is -0.481 e. The molecular formula is C10H15ClN2O2. The molecular weight excluding hydrogens is 216 g/mol. The molecule has 1 aromatic rings. The number of hydrogen-bond donors (Lipinski definition) is 1. The third-order valence-corrected chi connectivity index (χ3v) is 1.86. The summed E-state index contributed by atoms with van der Waals surface area (Å²) < 4.78 is 10.2. The van der Waals surface area contributed by atoms with Gasteiger partial charge in [0.25, 0.3) is 0 Å². The molecule has 84 valence electrons. The average molecular weight is 231 g/mol. The normalized spacial score (nSPS) is 10.0. The zero-order valence-corrected chi connectivity index (χ0v) is 9.46. The van der Waals surface area contributed by atoms with Crippen molar-refractivity contribution in [1.29, 1.82) is 0 Å². The Morgan fingerprint density at radius 3 is 3.00 bits per heavy atom. The fourth-order valence-corrected chi connectivity index (χ4v) is 1.14. The number of rotatable bonds is 7. The number of hydrogen-bond acceptors (Lipinski definition) is 4. The van der Waals surface area contributed by atoms with Gasteiger partial charge >= 0.3 is 0 Å². The van der Waals surface area contributed by atoms with Crippen LogP contribution in [0.5, 0.6) is 5.88 Å². The molecule has 0 aliphatic carbocycles. The van der Waals surface area contributed by atoms with Crippen molar-refractivity contribution in [3.8, 4) is 5.88 Å². The van der Waals surface area contributed by atoms with E-state index >= 15 is 0 Å². The number of pyridine rings is 1. The molecule has 0 atom stereocenters. The molecule has 0 unspecified atom stereocenters. The second-order valence-corrected chi connectivity index (χ2v) is 3.17. The van der Waals surface area contributed by atoms with Crippen molar-refractivity contribution >= 4 is 17.4 Å². The Hall–Kier alpha value is -1.00. The van der Waals surface area contributed by atoms with Crippen LogP contribution in [0.1, 0.15) is 0 Å². The average Bonchev–Trinajstić information content (AvgIpc) is 2.29. The zero-order valence-electron chi connectivity index (χ0n) is 8.70. The number of aromatic nitrogens is 1. The molecule has 1 N–H and O–H groups in total. The van der Waals surface area contributed by atoms with Gasteiger partial charge in [0.15, 0.2) is 0 Å². The molecule has 0 fully saturated rings. The van der Waals surface area contributed by atoms with Gasteiger partial charge in [-0.3, -0.25) is 0 Å². The summed E-state index contributed by atoms with van der Waals surface area (Å²) >= 11 is 5.46. The van der Waals surface area contributed by atoms with Crippen molar-refractivity contribution < 1.29 is 9.47 Å². The van der Waals surface area contributed by atoms with E-state index in [4.69, 9.17) is 21.1 Å². The maximum atomic E-state index is 5.46. The minimum absolute atomic E-state index is 0.525. The standard InChI is InChI=1S/C10H15ClN2O2/c1-14-10-4-2-3-9(13-10)12-6-8-15-7-5-11/h2-4H,5-8H2,1H3,(H,12,13). The Morgan fingerprint density at radius 2 is 2.27 bits per heavy atom. The molecule has 0 bridgehead atoms. The Bertz CT molecular complexity index is 284. The van der Waals surface area contributed by atoms with Crippen LogP contribution in [0.2, 0.25) is 0 Å². The van der Waals surface area contributed by atoms with Crippen LogP contribution in [-0.2, 0) is 4.74 Å². The topological polar surface area (TPSA) is 43.4 Å². The predicted octanol–water partition coefficient (Wildman–Crippen LogP) is 1.76. The van der Waals surface area contributed by atoms with Gasteiger partial charge in [-0.15, -0.1) is 11.6 Å². The van der Waals surface area contributed by atoms with E-state index in [1.807, 2.05) is 12.1 Å². The van der Waals surface area contributed by atoms with Crippen molar-refractivity contribution in [2.75, 3.05) is 38.1 Å². The first-order chi connectivity index (χ1) is 7.36. The van der Waals surface area contributed by atoms with Crippen molar-refractivity contribution in [2.45, 2.75) is 0 Å². The third-order valence-electron chi connectivity index (χ3n) is 1.71. The van der Waals surface area contributed by atoms with E-state index in [0.717, 1.165) is 5.82 Å². The largest absolute Gasteiger partial charge is 0.481 e. The van der Waals surface area contributed by atoms with E-state index in [2.05, 4.69) is 10.3 Å². The number of alkyl halides is 1. The Labute approximate surface area is 94.6 Å². The molecule has 0 amide bonds. The van der Waals surface area contributed by atoms with Gasteiger partial charge < -0.3 is 14.8 Å². The fourth-order valence-electron chi connectivity index (χ4n) is 1.03. The molecule has 0 radical (unpaired) electrons. The van der Waals surface area contributed by atoms with Crippen molar-refractivity contribution in [3.05, 3.63) is 18.2 Å². The van der Waals surface area contributed by atoms with Crippen LogP contribution in [-0.4, -0.2) is 37.7 Å². The van der Waals surface area contributed by atoms with E-state index < -0.39 is 0 Å². The molecule has 0 saturated carbocycles. The van der Waals surface area contributed by atoms with Crippen LogP contribution < -0.4 is 10.1 Å². The third kappa shape index (κ3) is 4.85. The number of ether oxygens (including phenoxy) is 2. The van der Waals surface area contributed by atoms with Crippen molar-refractivity contribution in [3.63, 3.8) is 0 Å². The number of anilines is 1. The molecule has 15 heavy (non-hydrogen) atoms. The van der Waals surface area contributed by atoms with Gasteiger partial charge in [-0.25, -0.2) is 0 Å². The predicted molar refractivity (Wildman–Crippen MR) is 60.8 cm³/mol. The van der Waals surface area contributed by atoms with Crippen LogP contribution in [0.25, 0.3) is 0 Å². The molecule has 0 aliphatic heterocycles. The van der Waals surface area contributed by atoms with Gasteiger partial charge in [-0.1, -0.05) is 6.07 Å². The molecule has 0 aromatic carbocycles. The van der Waals surface area contributed by atoms with E-state index in [1.165, 1.54) is 0 Å². The second kappa shape index (κ2) is 7.31. The van der Waals surface area contributed by atoms with Gasteiger partial charge in [0.05, 0.1) is 20.3 Å². The fraction of sp³-hybridized carbons (Fsp3) is 0.500. The molecule has 1 rings (SSSR count). The molecule has 5 heteroatoms. The minimum atomic E-state index is 0.525. The lowest BCUT2D eigenvalue weighted by atomic mass is 10.4. The van der Waals surface area contributed by atoms with E-state index in [1.54, 1.807) is 13.2 Å².